The fourth-order valence-electron chi connectivity index (χ4n) is 7.69. The summed E-state index contributed by atoms with van der Waals surface area (Å²) in [6, 6.07) is 12.5. The molecule has 2 saturated heterocycles. The molecule has 5 rings (SSSR count). The number of rotatable bonds is 9. The predicted octanol–water partition coefficient (Wildman–Crippen LogP) is 7.05. The zero-order valence-electron chi connectivity index (χ0n) is 25.3. The quantitative estimate of drug-likeness (QED) is 0.317. The summed E-state index contributed by atoms with van der Waals surface area (Å²) in [7, 11) is 0. The zero-order chi connectivity index (χ0) is 28.8. The third-order valence-electron chi connectivity index (χ3n) is 10.3. The molecule has 4 nitrogen and oxygen atoms in total. The number of amides is 1. The minimum Gasteiger partial charge on any atom is -0.342 e. The van der Waals surface area contributed by atoms with E-state index in [9.17, 15) is 9.18 Å². The van der Waals surface area contributed by atoms with Crippen molar-refractivity contribution >= 4 is 17.5 Å². The van der Waals surface area contributed by atoms with E-state index in [-0.39, 0.29) is 17.7 Å². The molecule has 224 valence electrons. The average molecular weight is 582 g/mol. The summed E-state index contributed by atoms with van der Waals surface area (Å²) in [6.07, 6.45) is 12.1. The maximum atomic E-state index is 14.6. The standard InChI is InChI=1S/C35H49ClFN3O/c1-3-27-14-15-29(24-28(27)4-2)35(17-19-38-20-22-39(23-21-38)30-10-6-5-7-11-30)16-9-18-40(26-35)34(41)25-31-32(36)12-8-13-33(31)37/h8,12-15,24,30H,3-7,9-11,16-23,25-26H2,1-2H3/t35-/m1/s1. The van der Waals surface area contributed by atoms with E-state index in [2.05, 4.69) is 41.8 Å². The Kier molecular flexibility index (Phi) is 10.4. The Hall–Kier alpha value is -1.95. The van der Waals surface area contributed by atoms with Crippen LogP contribution in [0.3, 0.4) is 0 Å². The summed E-state index contributed by atoms with van der Waals surface area (Å²) in [5.74, 6) is -0.424. The zero-order valence-corrected chi connectivity index (χ0v) is 26.0. The molecule has 0 unspecified atom stereocenters. The SMILES string of the molecule is CCc1ccc([C@@]2(CCN3CCN(C4CCCCC4)CC3)CCCN(C(=O)Cc3c(F)cccc3Cl)C2)cc1CC. The van der Waals surface area contributed by atoms with Crippen LogP contribution in [-0.4, -0.2) is 72.5 Å². The van der Waals surface area contributed by atoms with Gasteiger partial charge in [0.25, 0.3) is 0 Å². The second-order valence-electron chi connectivity index (χ2n) is 12.7. The van der Waals surface area contributed by atoms with E-state index in [1.165, 1.54) is 68.0 Å². The van der Waals surface area contributed by atoms with Gasteiger partial charge >= 0.3 is 0 Å². The lowest BCUT2D eigenvalue weighted by atomic mass is 9.70. The number of hydrogen-bond donors (Lipinski definition) is 0. The highest BCUT2D eigenvalue weighted by Crippen LogP contribution is 2.39. The van der Waals surface area contributed by atoms with Crippen molar-refractivity contribution in [1.29, 1.82) is 0 Å². The molecule has 2 aliphatic heterocycles. The molecule has 2 aromatic carbocycles. The van der Waals surface area contributed by atoms with Crippen LogP contribution in [-0.2, 0) is 29.5 Å². The number of aryl methyl sites for hydroxylation is 2. The van der Waals surface area contributed by atoms with Crippen molar-refractivity contribution in [3.05, 3.63) is 69.5 Å². The van der Waals surface area contributed by atoms with Gasteiger partial charge in [-0.1, -0.05) is 69.0 Å². The molecule has 0 aromatic heterocycles. The van der Waals surface area contributed by atoms with Crippen molar-refractivity contribution in [2.45, 2.75) is 95.9 Å². The molecule has 41 heavy (non-hydrogen) atoms. The van der Waals surface area contributed by atoms with Gasteiger partial charge in [0, 0.05) is 61.3 Å². The highest BCUT2D eigenvalue weighted by atomic mass is 35.5. The highest BCUT2D eigenvalue weighted by Gasteiger charge is 2.39. The first kappa shape index (κ1) is 30.5. The lowest BCUT2D eigenvalue weighted by molar-refractivity contribution is -0.133. The van der Waals surface area contributed by atoms with Gasteiger partial charge in [0.2, 0.25) is 5.91 Å². The van der Waals surface area contributed by atoms with E-state index in [1.807, 2.05) is 4.90 Å². The molecule has 1 saturated carbocycles. The van der Waals surface area contributed by atoms with E-state index >= 15 is 0 Å². The van der Waals surface area contributed by atoms with Crippen LogP contribution in [0.5, 0.6) is 0 Å². The van der Waals surface area contributed by atoms with Crippen LogP contribution < -0.4 is 0 Å². The Balaban J connectivity index is 1.32. The number of piperidine rings is 1. The van der Waals surface area contributed by atoms with E-state index in [0.29, 0.717) is 17.1 Å². The summed E-state index contributed by atoms with van der Waals surface area (Å²) in [5, 5.41) is 0.330. The maximum Gasteiger partial charge on any atom is 0.227 e. The average Bonchev–Trinajstić information content (AvgIpc) is 3.02. The fraction of sp³-hybridized carbons (Fsp3) is 0.629. The van der Waals surface area contributed by atoms with Gasteiger partial charge in [-0.05, 0) is 80.3 Å². The summed E-state index contributed by atoms with van der Waals surface area (Å²) in [5.41, 5.74) is 4.43. The first-order valence-electron chi connectivity index (χ1n) is 16.2. The number of nitrogens with zero attached hydrogens (tertiary/aromatic N) is 3. The van der Waals surface area contributed by atoms with Crippen LogP contribution in [0.1, 0.15) is 87.5 Å². The van der Waals surface area contributed by atoms with Gasteiger partial charge in [-0.15, -0.1) is 0 Å². The molecular weight excluding hydrogens is 533 g/mol. The molecule has 2 heterocycles. The van der Waals surface area contributed by atoms with Crippen molar-refractivity contribution in [3.63, 3.8) is 0 Å². The highest BCUT2D eigenvalue weighted by molar-refractivity contribution is 6.31. The molecule has 3 fully saturated rings. The van der Waals surface area contributed by atoms with Gasteiger partial charge < -0.3 is 9.80 Å². The van der Waals surface area contributed by atoms with Crippen LogP contribution in [0.15, 0.2) is 36.4 Å². The molecular formula is C35H49ClFN3O. The number of benzene rings is 2. The van der Waals surface area contributed by atoms with Crippen LogP contribution in [0.4, 0.5) is 4.39 Å². The molecule has 0 N–H and O–H groups in total. The Morgan fingerprint density at radius 2 is 1.71 bits per heavy atom. The minimum atomic E-state index is -0.399. The van der Waals surface area contributed by atoms with Gasteiger partial charge in [0.05, 0.1) is 6.42 Å². The number of carbonyl (C=O) groups excluding carboxylic acids is 1. The van der Waals surface area contributed by atoms with Crippen molar-refractivity contribution in [2.75, 3.05) is 45.8 Å². The number of halogens is 2. The minimum absolute atomic E-state index is 0.0136. The first-order chi connectivity index (χ1) is 19.9. The maximum absolute atomic E-state index is 14.6. The predicted molar refractivity (Wildman–Crippen MR) is 167 cm³/mol. The van der Waals surface area contributed by atoms with Gasteiger partial charge in [0.1, 0.15) is 5.82 Å². The third kappa shape index (κ3) is 7.17. The van der Waals surface area contributed by atoms with Gasteiger partial charge in [-0.3, -0.25) is 9.69 Å². The Morgan fingerprint density at radius 3 is 2.41 bits per heavy atom. The van der Waals surface area contributed by atoms with Crippen LogP contribution in [0, 0.1) is 5.82 Å². The second-order valence-corrected chi connectivity index (χ2v) is 13.1. The summed E-state index contributed by atoms with van der Waals surface area (Å²) >= 11 is 6.30. The second kappa shape index (κ2) is 14.0. The first-order valence-corrected chi connectivity index (χ1v) is 16.6. The Morgan fingerprint density at radius 1 is 0.951 bits per heavy atom. The number of piperazine rings is 1. The van der Waals surface area contributed by atoms with Crippen molar-refractivity contribution in [3.8, 4) is 0 Å². The molecule has 1 atom stereocenters. The third-order valence-corrected chi connectivity index (χ3v) is 10.7. The molecule has 6 heteroatoms. The lowest BCUT2D eigenvalue weighted by Gasteiger charge is -2.46. The molecule has 1 aliphatic carbocycles. The van der Waals surface area contributed by atoms with Gasteiger partial charge in [-0.2, -0.15) is 0 Å². The molecule has 0 radical (unpaired) electrons. The monoisotopic (exact) mass is 581 g/mol. The van der Waals surface area contributed by atoms with Crippen LogP contribution in [0.25, 0.3) is 0 Å². The molecule has 1 amide bonds. The smallest absolute Gasteiger partial charge is 0.227 e. The topological polar surface area (TPSA) is 26.8 Å². The van der Waals surface area contributed by atoms with E-state index < -0.39 is 5.82 Å². The summed E-state index contributed by atoms with van der Waals surface area (Å²) in [6.45, 7) is 11.6. The van der Waals surface area contributed by atoms with Crippen LogP contribution >= 0.6 is 11.6 Å². The fourth-order valence-corrected chi connectivity index (χ4v) is 7.92. The summed E-state index contributed by atoms with van der Waals surface area (Å²) in [4.78, 5) is 21.0. The largest absolute Gasteiger partial charge is 0.342 e. The number of likely N-dealkylation sites (tertiary alicyclic amines) is 1. The lowest BCUT2D eigenvalue weighted by Crippen LogP contribution is -2.53. The molecule has 2 aromatic rings. The number of hydrogen-bond acceptors (Lipinski definition) is 3. The molecule has 0 bridgehead atoms. The van der Waals surface area contributed by atoms with E-state index in [0.717, 1.165) is 64.3 Å². The molecule has 3 aliphatic rings. The van der Waals surface area contributed by atoms with Crippen molar-refractivity contribution < 1.29 is 9.18 Å². The van der Waals surface area contributed by atoms with Gasteiger partial charge in [0.15, 0.2) is 0 Å². The molecule has 0 spiro atoms. The van der Waals surface area contributed by atoms with E-state index in [1.54, 1.807) is 12.1 Å². The Labute approximate surface area is 252 Å². The van der Waals surface area contributed by atoms with Crippen molar-refractivity contribution in [2.24, 2.45) is 0 Å². The van der Waals surface area contributed by atoms with Crippen molar-refractivity contribution in [1.82, 2.24) is 14.7 Å². The van der Waals surface area contributed by atoms with E-state index in [4.69, 9.17) is 11.6 Å². The summed E-state index contributed by atoms with van der Waals surface area (Å²) < 4.78 is 14.6. The van der Waals surface area contributed by atoms with Crippen LogP contribution in [0.2, 0.25) is 5.02 Å². The Bertz CT molecular complexity index is 1150. The normalized spacial score (nSPS) is 23.2. The van der Waals surface area contributed by atoms with Gasteiger partial charge in [-0.25, -0.2) is 4.39 Å². The number of carbonyl (C=O) groups is 1.